The summed E-state index contributed by atoms with van der Waals surface area (Å²) in [7, 11) is 1.57. The number of carbonyl (C=O) groups is 1. The quantitative estimate of drug-likeness (QED) is 0.796. The minimum absolute atomic E-state index is 0.187. The van der Waals surface area contributed by atoms with E-state index >= 15 is 0 Å². The van der Waals surface area contributed by atoms with Crippen LogP contribution in [0.4, 0.5) is 0 Å². The van der Waals surface area contributed by atoms with Crippen LogP contribution >= 0.6 is 11.3 Å². The fourth-order valence-electron chi connectivity index (χ4n) is 1.73. The first-order valence-electron chi connectivity index (χ1n) is 5.21. The number of aldehydes is 1. The zero-order valence-corrected chi connectivity index (χ0v) is 10.3. The standard InChI is InChI=1S/C12H9NO4S/c1-15-9-2-7(3-10-11(9)17-6-16-10)12-13-4-8(5-14)18-12/h2-5H,6H2,1H3. The summed E-state index contributed by atoms with van der Waals surface area (Å²) in [6.45, 7) is 0.187. The smallest absolute Gasteiger partial charge is 0.231 e. The average Bonchev–Trinajstić information content (AvgIpc) is 3.05. The Balaban J connectivity index is 2.10. The summed E-state index contributed by atoms with van der Waals surface area (Å²) in [5, 5.41) is 0.744. The van der Waals surface area contributed by atoms with Crippen LogP contribution in [0.25, 0.3) is 10.6 Å². The number of methoxy groups -OCH3 is 1. The second-order valence-electron chi connectivity index (χ2n) is 3.60. The van der Waals surface area contributed by atoms with Crippen LogP contribution in [-0.2, 0) is 0 Å². The predicted octanol–water partition coefficient (Wildman–Crippen LogP) is 2.36. The van der Waals surface area contributed by atoms with E-state index in [9.17, 15) is 4.79 Å². The number of fused-ring (bicyclic) bond motifs is 1. The number of benzene rings is 1. The molecule has 0 bridgehead atoms. The number of aromatic nitrogens is 1. The summed E-state index contributed by atoms with van der Waals surface area (Å²) in [4.78, 5) is 15.4. The second-order valence-corrected chi connectivity index (χ2v) is 4.66. The molecule has 0 saturated heterocycles. The second kappa shape index (κ2) is 4.30. The Labute approximate surface area is 107 Å². The molecule has 0 N–H and O–H groups in total. The number of hydrogen-bond donors (Lipinski definition) is 0. The molecule has 0 fully saturated rings. The summed E-state index contributed by atoms with van der Waals surface area (Å²) >= 11 is 1.32. The fraction of sp³-hybridized carbons (Fsp3) is 0.167. The number of nitrogens with zero attached hydrogens (tertiary/aromatic N) is 1. The van der Waals surface area contributed by atoms with E-state index in [0.717, 1.165) is 16.9 Å². The van der Waals surface area contributed by atoms with E-state index in [-0.39, 0.29) is 6.79 Å². The maximum Gasteiger partial charge on any atom is 0.231 e. The number of hydrogen-bond acceptors (Lipinski definition) is 6. The Bertz CT molecular complexity index is 608. The monoisotopic (exact) mass is 263 g/mol. The minimum Gasteiger partial charge on any atom is -0.493 e. The predicted molar refractivity (Wildman–Crippen MR) is 65.6 cm³/mol. The van der Waals surface area contributed by atoms with Crippen LogP contribution in [-0.4, -0.2) is 25.2 Å². The molecule has 1 aliphatic heterocycles. The lowest BCUT2D eigenvalue weighted by atomic mass is 10.2. The van der Waals surface area contributed by atoms with Gasteiger partial charge in [-0.2, -0.15) is 0 Å². The Morgan fingerprint density at radius 1 is 1.44 bits per heavy atom. The van der Waals surface area contributed by atoms with Gasteiger partial charge < -0.3 is 14.2 Å². The number of thiazole rings is 1. The molecule has 1 aromatic carbocycles. The molecule has 0 unspecified atom stereocenters. The average molecular weight is 263 g/mol. The van der Waals surface area contributed by atoms with Crippen LogP contribution < -0.4 is 14.2 Å². The summed E-state index contributed by atoms with van der Waals surface area (Å²) in [5.41, 5.74) is 0.842. The molecule has 0 radical (unpaired) electrons. The third-order valence-corrected chi connectivity index (χ3v) is 3.52. The van der Waals surface area contributed by atoms with Crippen molar-refractivity contribution < 1.29 is 19.0 Å². The van der Waals surface area contributed by atoms with Crippen molar-refractivity contribution in [3.63, 3.8) is 0 Å². The van der Waals surface area contributed by atoms with Gasteiger partial charge >= 0.3 is 0 Å². The van der Waals surface area contributed by atoms with Crippen LogP contribution in [0.5, 0.6) is 17.2 Å². The highest BCUT2D eigenvalue weighted by molar-refractivity contribution is 7.16. The van der Waals surface area contributed by atoms with Gasteiger partial charge in [-0.1, -0.05) is 0 Å². The molecule has 0 atom stereocenters. The van der Waals surface area contributed by atoms with Gasteiger partial charge in [-0.15, -0.1) is 11.3 Å². The summed E-state index contributed by atoms with van der Waals surface area (Å²) in [6, 6.07) is 3.65. The molecular weight excluding hydrogens is 254 g/mol. The number of carbonyl (C=O) groups excluding carboxylic acids is 1. The van der Waals surface area contributed by atoms with Crippen molar-refractivity contribution in [2.24, 2.45) is 0 Å². The van der Waals surface area contributed by atoms with Crippen LogP contribution in [0.15, 0.2) is 18.3 Å². The highest BCUT2D eigenvalue weighted by Crippen LogP contribution is 2.44. The van der Waals surface area contributed by atoms with Crippen molar-refractivity contribution in [2.45, 2.75) is 0 Å². The molecule has 2 aromatic rings. The van der Waals surface area contributed by atoms with Crippen molar-refractivity contribution in [2.75, 3.05) is 13.9 Å². The SMILES string of the molecule is COc1cc(-c2ncc(C=O)s2)cc2c1OCO2. The van der Waals surface area contributed by atoms with Crippen LogP contribution in [0.2, 0.25) is 0 Å². The first-order valence-corrected chi connectivity index (χ1v) is 6.02. The maximum absolute atomic E-state index is 10.7. The summed E-state index contributed by atoms with van der Waals surface area (Å²) in [6.07, 6.45) is 2.33. The molecule has 18 heavy (non-hydrogen) atoms. The van der Waals surface area contributed by atoms with Gasteiger partial charge in [0.05, 0.1) is 12.0 Å². The third-order valence-electron chi connectivity index (χ3n) is 2.55. The van der Waals surface area contributed by atoms with Gasteiger partial charge in [0.2, 0.25) is 12.5 Å². The van der Waals surface area contributed by atoms with E-state index in [2.05, 4.69) is 4.98 Å². The summed E-state index contributed by atoms with van der Waals surface area (Å²) in [5.74, 6) is 1.84. The van der Waals surface area contributed by atoms with Gasteiger partial charge in [0.25, 0.3) is 0 Å². The van der Waals surface area contributed by atoms with E-state index in [1.807, 2.05) is 12.1 Å². The maximum atomic E-state index is 10.7. The zero-order chi connectivity index (χ0) is 12.5. The van der Waals surface area contributed by atoms with Crippen molar-refractivity contribution in [1.29, 1.82) is 0 Å². The molecule has 1 aliphatic rings. The normalized spacial score (nSPS) is 12.5. The van der Waals surface area contributed by atoms with Crippen LogP contribution in [0, 0.1) is 0 Å². The van der Waals surface area contributed by atoms with Gasteiger partial charge in [0, 0.05) is 11.8 Å². The Morgan fingerprint density at radius 2 is 2.33 bits per heavy atom. The Morgan fingerprint density at radius 3 is 3.06 bits per heavy atom. The van der Waals surface area contributed by atoms with Crippen LogP contribution in [0.3, 0.4) is 0 Å². The Hall–Kier alpha value is -2.08. The molecular formula is C12H9NO4S. The minimum atomic E-state index is 0.187. The third kappa shape index (κ3) is 1.70. The van der Waals surface area contributed by atoms with Gasteiger partial charge in [-0.3, -0.25) is 4.79 Å². The molecule has 5 nitrogen and oxygen atoms in total. The van der Waals surface area contributed by atoms with E-state index in [1.54, 1.807) is 13.3 Å². The topological polar surface area (TPSA) is 57.7 Å². The first kappa shape index (κ1) is 11.0. The highest BCUT2D eigenvalue weighted by atomic mass is 32.1. The highest BCUT2D eigenvalue weighted by Gasteiger charge is 2.21. The largest absolute Gasteiger partial charge is 0.493 e. The van der Waals surface area contributed by atoms with Gasteiger partial charge in [-0.05, 0) is 12.1 Å². The van der Waals surface area contributed by atoms with Crippen molar-refractivity contribution in [1.82, 2.24) is 4.98 Å². The molecule has 92 valence electrons. The molecule has 2 heterocycles. The van der Waals surface area contributed by atoms with Crippen molar-refractivity contribution in [3.8, 4) is 27.8 Å². The fourth-order valence-corrected chi connectivity index (χ4v) is 2.45. The molecule has 0 aliphatic carbocycles. The number of ether oxygens (including phenoxy) is 3. The van der Waals surface area contributed by atoms with Gasteiger partial charge in [0.1, 0.15) is 5.01 Å². The lowest BCUT2D eigenvalue weighted by Crippen LogP contribution is -1.93. The first-order chi connectivity index (χ1) is 8.81. The van der Waals surface area contributed by atoms with E-state index in [4.69, 9.17) is 14.2 Å². The molecule has 0 spiro atoms. The molecule has 1 aromatic heterocycles. The lowest BCUT2D eigenvalue weighted by Gasteiger charge is -2.06. The molecule has 0 saturated carbocycles. The van der Waals surface area contributed by atoms with Crippen molar-refractivity contribution in [3.05, 3.63) is 23.2 Å². The van der Waals surface area contributed by atoms with Gasteiger partial charge in [-0.25, -0.2) is 4.98 Å². The number of rotatable bonds is 3. The van der Waals surface area contributed by atoms with Crippen molar-refractivity contribution >= 4 is 17.6 Å². The molecule has 0 amide bonds. The summed E-state index contributed by atoms with van der Waals surface area (Å²) < 4.78 is 15.9. The van der Waals surface area contributed by atoms with E-state index in [1.165, 1.54) is 11.3 Å². The van der Waals surface area contributed by atoms with E-state index in [0.29, 0.717) is 22.1 Å². The lowest BCUT2D eigenvalue weighted by molar-refractivity contribution is 0.112. The Kier molecular flexibility index (Phi) is 2.64. The van der Waals surface area contributed by atoms with Gasteiger partial charge in [0.15, 0.2) is 17.8 Å². The molecule has 3 rings (SSSR count). The molecule has 6 heteroatoms. The van der Waals surface area contributed by atoms with Crippen LogP contribution in [0.1, 0.15) is 9.67 Å². The zero-order valence-electron chi connectivity index (χ0n) is 9.50. The van der Waals surface area contributed by atoms with E-state index < -0.39 is 0 Å².